The quantitative estimate of drug-likeness (QED) is 0.612. The molecule has 1 heterocycles. The molecule has 8 heteroatoms. The summed E-state index contributed by atoms with van der Waals surface area (Å²) in [7, 11) is 0. The largest absolute Gasteiger partial charge is 0.473 e. The van der Waals surface area contributed by atoms with Crippen molar-refractivity contribution < 1.29 is 14.6 Å². The molecule has 102 valence electrons. The van der Waals surface area contributed by atoms with Crippen LogP contribution in [0.5, 0.6) is 5.88 Å². The zero-order valence-electron chi connectivity index (χ0n) is 10.1. The van der Waals surface area contributed by atoms with Crippen LogP contribution in [0, 0.1) is 20.2 Å². The molecule has 1 aromatic heterocycles. The van der Waals surface area contributed by atoms with Gasteiger partial charge in [0.15, 0.2) is 0 Å². The molecule has 8 nitrogen and oxygen atoms in total. The summed E-state index contributed by atoms with van der Waals surface area (Å²) in [6.45, 7) is 0.169. The lowest BCUT2D eigenvalue weighted by atomic mass is 10.2. The number of benzene rings is 1. The molecule has 0 saturated carbocycles. The Balaban J connectivity index is 1.97. The molecule has 0 fully saturated rings. The molecule has 0 bridgehead atoms. The molecule has 20 heavy (non-hydrogen) atoms. The van der Waals surface area contributed by atoms with Crippen LogP contribution in [-0.2, 0) is 6.61 Å². The summed E-state index contributed by atoms with van der Waals surface area (Å²) in [5, 5.41) is 20.9. The molecule has 0 aliphatic rings. The van der Waals surface area contributed by atoms with E-state index in [2.05, 4.69) is 4.98 Å². The highest BCUT2D eigenvalue weighted by Gasteiger charge is 2.07. The maximum Gasteiger partial charge on any atom is 0.287 e. The Kier molecular flexibility index (Phi) is 3.85. The van der Waals surface area contributed by atoms with Gasteiger partial charge in [-0.15, -0.1) is 0 Å². The standard InChI is InChI=1S/C12H9N3O5/c16-14(17)10-3-1-9(2-4-10)8-20-12-6-5-11(7-13-12)15(18)19/h1-7H,8H2. The fourth-order valence-corrected chi connectivity index (χ4v) is 1.44. The lowest BCUT2D eigenvalue weighted by Gasteiger charge is -2.04. The molecule has 0 amide bonds. The fourth-order valence-electron chi connectivity index (χ4n) is 1.44. The molecular formula is C12H9N3O5. The molecule has 0 saturated heterocycles. The SMILES string of the molecule is O=[N+]([O-])c1ccc(COc2ccc([N+](=O)[O-])cn2)cc1. The lowest BCUT2D eigenvalue weighted by molar-refractivity contribution is -0.385. The van der Waals surface area contributed by atoms with Gasteiger partial charge in [0.1, 0.15) is 12.8 Å². The topological polar surface area (TPSA) is 108 Å². The Hall–Kier alpha value is -3.03. The molecule has 0 spiro atoms. The van der Waals surface area contributed by atoms with Crippen LogP contribution in [-0.4, -0.2) is 14.8 Å². The molecular weight excluding hydrogens is 266 g/mol. The third-order valence-electron chi connectivity index (χ3n) is 2.47. The van der Waals surface area contributed by atoms with Crippen molar-refractivity contribution in [2.75, 3.05) is 0 Å². The van der Waals surface area contributed by atoms with E-state index in [1.54, 1.807) is 12.1 Å². The van der Waals surface area contributed by atoms with Crippen molar-refractivity contribution in [2.24, 2.45) is 0 Å². The maximum atomic E-state index is 10.5. The van der Waals surface area contributed by atoms with E-state index in [4.69, 9.17) is 4.74 Å². The number of ether oxygens (including phenoxy) is 1. The average molecular weight is 275 g/mol. The van der Waals surface area contributed by atoms with E-state index in [-0.39, 0.29) is 23.9 Å². The van der Waals surface area contributed by atoms with Gasteiger partial charge in [0, 0.05) is 24.3 Å². The molecule has 0 aliphatic carbocycles. The zero-order chi connectivity index (χ0) is 14.5. The first-order valence-electron chi connectivity index (χ1n) is 5.53. The van der Waals surface area contributed by atoms with Gasteiger partial charge in [-0.25, -0.2) is 4.98 Å². The monoisotopic (exact) mass is 275 g/mol. The maximum absolute atomic E-state index is 10.5. The number of hydrogen-bond donors (Lipinski definition) is 0. The highest BCUT2D eigenvalue weighted by molar-refractivity contribution is 5.33. The van der Waals surface area contributed by atoms with E-state index < -0.39 is 9.85 Å². The van der Waals surface area contributed by atoms with Crippen LogP contribution in [0.2, 0.25) is 0 Å². The lowest BCUT2D eigenvalue weighted by Crippen LogP contribution is -1.98. The van der Waals surface area contributed by atoms with Gasteiger partial charge in [-0.05, 0) is 17.7 Å². The second-order valence-electron chi connectivity index (χ2n) is 3.82. The molecule has 0 atom stereocenters. The summed E-state index contributed by atoms with van der Waals surface area (Å²) in [5.74, 6) is 0.244. The molecule has 1 aromatic carbocycles. The first-order chi connectivity index (χ1) is 9.56. The van der Waals surface area contributed by atoms with E-state index in [0.29, 0.717) is 0 Å². The highest BCUT2D eigenvalue weighted by atomic mass is 16.6. The second kappa shape index (κ2) is 5.74. The number of nitrogens with zero attached hydrogens (tertiary/aromatic N) is 3. The summed E-state index contributed by atoms with van der Waals surface area (Å²) in [5.41, 5.74) is 0.616. The Morgan fingerprint density at radius 3 is 2.05 bits per heavy atom. The normalized spacial score (nSPS) is 10.0. The van der Waals surface area contributed by atoms with Crippen LogP contribution in [0.3, 0.4) is 0 Å². The minimum Gasteiger partial charge on any atom is -0.473 e. The third-order valence-corrected chi connectivity index (χ3v) is 2.47. The fraction of sp³-hybridized carbons (Fsp3) is 0.0833. The number of pyridine rings is 1. The highest BCUT2D eigenvalue weighted by Crippen LogP contribution is 2.16. The third kappa shape index (κ3) is 3.25. The van der Waals surface area contributed by atoms with Gasteiger partial charge < -0.3 is 4.74 Å². The van der Waals surface area contributed by atoms with Crippen LogP contribution >= 0.6 is 0 Å². The van der Waals surface area contributed by atoms with Crippen molar-refractivity contribution in [3.8, 4) is 5.88 Å². The predicted molar refractivity (Wildman–Crippen MR) is 68.3 cm³/mol. The first-order valence-corrected chi connectivity index (χ1v) is 5.53. The van der Waals surface area contributed by atoms with Gasteiger partial charge in [-0.2, -0.15) is 0 Å². The Labute approximate surface area is 112 Å². The van der Waals surface area contributed by atoms with Crippen molar-refractivity contribution in [3.05, 3.63) is 68.4 Å². The van der Waals surface area contributed by atoms with Gasteiger partial charge in [-0.3, -0.25) is 20.2 Å². The van der Waals surface area contributed by atoms with E-state index in [0.717, 1.165) is 11.8 Å². The average Bonchev–Trinajstić information content (AvgIpc) is 2.46. The second-order valence-corrected chi connectivity index (χ2v) is 3.82. The minimum absolute atomic E-state index is 0.00205. The molecule has 0 N–H and O–H groups in total. The van der Waals surface area contributed by atoms with Gasteiger partial charge in [0.25, 0.3) is 11.4 Å². The summed E-state index contributed by atoms with van der Waals surface area (Å²) >= 11 is 0. The van der Waals surface area contributed by atoms with E-state index >= 15 is 0 Å². The van der Waals surface area contributed by atoms with Gasteiger partial charge in [0.05, 0.1) is 9.85 Å². The Morgan fingerprint density at radius 1 is 0.950 bits per heavy atom. The van der Waals surface area contributed by atoms with Gasteiger partial charge in [-0.1, -0.05) is 0 Å². The smallest absolute Gasteiger partial charge is 0.287 e. The minimum atomic E-state index is -0.549. The summed E-state index contributed by atoms with van der Waals surface area (Å²) in [4.78, 5) is 23.7. The molecule has 0 unspecified atom stereocenters. The first kappa shape index (κ1) is 13.4. The van der Waals surface area contributed by atoms with Gasteiger partial charge >= 0.3 is 0 Å². The number of hydrogen-bond acceptors (Lipinski definition) is 6. The molecule has 2 aromatic rings. The van der Waals surface area contributed by atoms with E-state index in [1.165, 1.54) is 24.3 Å². The van der Waals surface area contributed by atoms with Crippen molar-refractivity contribution in [3.63, 3.8) is 0 Å². The van der Waals surface area contributed by atoms with Crippen LogP contribution in [0.25, 0.3) is 0 Å². The van der Waals surface area contributed by atoms with E-state index in [1.807, 2.05) is 0 Å². The summed E-state index contributed by atoms with van der Waals surface area (Å²) in [6.07, 6.45) is 1.10. The number of aromatic nitrogens is 1. The van der Waals surface area contributed by atoms with Crippen LogP contribution < -0.4 is 4.74 Å². The molecule has 0 aliphatic heterocycles. The number of nitro benzene ring substituents is 1. The molecule has 2 rings (SSSR count). The predicted octanol–water partition coefficient (Wildman–Crippen LogP) is 2.48. The Bertz CT molecular complexity index is 567. The zero-order valence-corrected chi connectivity index (χ0v) is 10.1. The number of nitro groups is 2. The summed E-state index contributed by atoms with van der Waals surface area (Å²) < 4.78 is 5.32. The van der Waals surface area contributed by atoms with Crippen molar-refractivity contribution in [1.82, 2.24) is 4.98 Å². The van der Waals surface area contributed by atoms with Crippen LogP contribution in [0.15, 0.2) is 42.6 Å². The van der Waals surface area contributed by atoms with Crippen LogP contribution in [0.1, 0.15) is 5.56 Å². The van der Waals surface area contributed by atoms with Crippen molar-refractivity contribution in [2.45, 2.75) is 6.61 Å². The van der Waals surface area contributed by atoms with Crippen molar-refractivity contribution >= 4 is 11.4 Å². The number of non-ortho nitro benzene ring substituents is 1. The van der Waals surface area contributed by atoms with E-state index in [9.17, 15) is 20.2 Å². The van der Waals surface area contributed by atoms with Gasteiger partial charge in [0.2, 0.25) is 5.88 Å². The Morgan fingerprint density at radius 2 is 1.55 bits per heavy atom. The summed E-state index contributed by atoms with van der Waals surface area (Å²) in [6, 6.07) is 8.58. The van der Waals surface area contributed by atoms with Crippen LogP contribution in [0.4, 0.5) is 11.4 Å². The number of rotatable bonds is 5. The molecule has 0 radical (unpaired) electrons. The van der Waals surface area contributed by atoms with Crippen molar-refractivity contribution in [1.29, 1.82) is 0 Å².